The first kappa shape index (κ1) is 21.8. The van der Waals surface area contributed by atoms with Crippen LogP contribution in [-0.4, -0.2) is 5.91 Å². The molecule has 1 aromatic heterocycles. The topological polar surface area (TPSA) is 33.5 Å². The van der Waals surface area contributed by atoms with Crippen LogP contribution in [0.3, 0.4) is 0 Å². The van der Waals surface area contributed by atoms with Crippen LogP contribution in [0.5, 0.6) is 0 Å². The molecule has 0 saturated heterocycles. The third kappa shape index (κ3) is 4.42. The fourth-order valence-corrected chi connectivity index (χ4v) is 4.49. The van der Waals surface area contributed by atoms with E-state index in [0.717, 1.165) is 21.4 Å². The molecule has 0 radical (unpaired) electrons. The summed E-state index contributed by atoms with van der Waals surface area (Å²) in [5.74, 6) is 0.991. The summed E-state index contributed by atoms with van der Waals surface area (Å²) in [5.41, 5.74) is 3.74. The Morgan fingerprint density at radius 2 is 1.70 bits per heavy atom. The number of anilines is 1. The Morgan fingerprint density at radius 1 is 0.879 bits per heavy atom. The predicted molar refractivity (Wildman–Crippen MR) is 138 cm³/mol. The quantitative estimate of drug-likeness (QED) is 0.245. The molecule has 0 saturated carbocycles. The second-order valence-corrected chi connectivity index (χ2v) is 9.20. The average Bonchev–Trinajstić information content (AvgIpc) is 3.41. The van der Waals surface area contributed by atoms with Gasteiger partial charge in [-0.15, -0.1) is 0 Å². The van der Waals surface area contributed by atoms with Crippen molar-refractivity contribution in [2.75, 3.05) is 4.90 Å². The van der Waals surface area contributed by atoms with Gasteiger partial charge in [0.2, 0.25) is 0 Å². The lowest BCUT2D eigenvalue weighted by atomic mass is 10.1. The van der Waals surface area contributed by atoms with E-state index in [2.05, 4.69) is 15.9 Å². The number of carbonyl (C=O) groups is 1. The molecule has 162 valence electrons. The first-order valence-corrected chi connectivity index (χ1v) is 11.7. The van der Waals surface area contributed by atoms with Crippen LogP contribution in [0, 0.1) is 0 Å². The van der Waals surface area contributed by atoms with Gasteiger partial charge in [0.1, 0.15) is 11.5 Å². The zero-order valence-corrected chi connectivity index (χ0v) is 20.2. The highest BCUT2D eigenvalue weighted by atomic mass is 79.9. The lowest BCUT2D eigenvalue weighted by Crippen LogP contribution is -2.24. The SMILES string of the molecule is O=C1C(=Cc2ccc(-c3cc(Cl)ccc3Cl)o2)C=C(c2ccccc2)N1c1cccc(Br)c1. The van der Waals surface area contributed by atoms with Gasteiger partial charge in [0.05, 0.1) is 16.4 Å². The Bertz CT molecular complexity index is 1420. The van der Waals surface area contributed by atoms with Gasteiger partial charge in [0, 0.05) is 20.6 Å². The molecule has 4 aromatic rings. The predicted octanol–water partition coefficient (Wildman–Crippen LogP) is 8.49. The monoisotopic (exact) mass is 535 g/mol. The van der Waals surface area contributed by atoms with Gasteiger partial charge in [-0.1, -0.05) is 75.5 Å². The molecule has 0 atom stereocenters. The molecule has 1 amide bonds. The molecule has 3 aromatic carbocycles. The fourth-order valence-electron chi connectivity index (χ4n) is 3.72. The van der Waals surface area contributed by atoms with Gasteiger partial charge in [-0.3, -0.25) is 9.69 Å². The van der Waals surface area contributed by atoms with E-state index < -0.39 is 0 Å². The van der Waals surface area contributed by atoms with Gasteiger partial charge in [-0.25, -0.2) is 0 Å². The summed E-state index contributed by atoms with van der Waals surface area (Å²) < 4.78 is 6.88. The molecule has 3 nitrogen and oxygen atoms in total. The van der Waals surface area contributed by atoms with Gasteiger partial charge in [0.15, 0.2) is 0 Å². The molecule has 0 spiro atoms. The van der Waals surface area contributed by atoms with Crippen LogP contribution in [0.15, 0.2) is 105 Å². The minimum Gasteiger partial charge on any atom is -0.457 e. The Morgan fingerprint density at radius 3 is 2.48 bits per heavy atom. The molecule has 33 heavy (non-hydrogen) atoms. The van der Waals surface area contributed by atoms with E-state index in [1.807, 2.05) is 72.8 Å². The van der Waals surface area contributed by atoms with E-state index in [-0.39, 0.29) is 5.91 Å². The summed E-state index contributed by atoms with van der Waals surface area (Å²) in [6.07, 6.45) is 3.62. The molecule has 0 aliphatic carbocycles. The van der Waals surface area contributed by atoms with Crippen molar-refractivity contribution < 1.29 is 9.21 Å². The Hall–Kier alpha value is -3.05. The smallest absolute Gasteiger partial charge is 0.263 e. The number of nitrogens with zero attached hydrogens (tertiary/aromatic N) is 1. The lowest BCUT2D eigenvalue weighted by molar-refractivity contribution is -0.113. The average molecular weight is 537 g/mol. The van der Waals surface area contributed by atoms with Crippen LogP contribution in [0.2, 0.25) is 10.0 Å². The summed E-state index contributed by atoms with van der Waals surface area (Å²) in [6.45, 7) is 0. The number of hydrogen-bond acceptors (Lipinski definition) is 2. The van der Waals surface area contributed by atoms with Crippen molar-refractivity contribution in [1.82, 2.24) is 0 Å². The first-order valence-electron chi connectivity index (χ1n) is 10.1. The zero-order valence-electron chi connectivity index (χ0n) is 17.1. The van der Waals surface area contributed by atoms with E-state index >= 15 is 0 Å². The number of furan rings is 1. The maximum atomic E-state index is 13.5. The Labute approximate surface area is 209 Å². The third-order valence-corrected chi connectivity index (χ3v) is 6.30. The van der Waals surface area contributed by atoms with E-state index in [0.29, 0.717) is 32.7 Å². The maximum absolute atomic E-state index is 13.5. The molecule has 1 aliphatic rings. The highest BCUT2D eigenvalue weighted by molar-refractivity contribution is 9.10. The molecular weight excluding hydrogens is 521 g/mol. The summed E-state index contributed by atoms with van der Waals surface area (Å²) >= 11 is 15.9. The van der Waals surface area contributed by atoms with Crippen LogP contribution in [0.4, 0.5) is 5.69 Å². The zero-order chi connectivity index (χ0) is 22.9. The van der Waals surface area contributed by atoms with Crippen molar-refractivity contribution in [3.63, 3.8) is 0 Å². The molecule has 5 rings (SSSR count). The fraction of sp³-hybridized carbons (Fsp3) is 0. The van der Waals surface area contributed by atoms with Gasteiger partial charge in [-0.2, -0.15) is 0 Å². The summed E-state index contributed by atoms with van der Waals surface area (Å²) in [6, 6.07) is 26.3. The van der Waals surface area contributed by atoms with Crippen LogP contribution in [0.25, 0.3) is 23.1 Å². The molecule has 0 N–H and O–H groups in total. The standard InChI is InChI=1S/C27H16BrCl2NO2/c28-19-7-4-8-21(15-19)31-25(17-5-2-1-3-6-17)14-18(27(31)32)13-22-10-12-26(33-22)23-16-20(29)9-11-24(23)30/h1-16H. The molecule has 6 heteroatoms. The minimum atomic E-state index is -0.134. The van der Waals surface area contributed by atoms with Crippen LogP contribution < -0.4 is 4.90 Å². The van der Waals surface area contributed by atoms with Crippen molar-refractivity contribution in [3.05, 3.63) is 122 Å². The van der Waals surface area contributed by atoms with Gasteiger partial charge in [0.25, 0.3) is 5.91 Å². The summed E-state index contributed by atoms with van der Waals surface area (Å²) in [5, 5.41) is 1.11. The van der Waals surface area contributed by atoms with Crippen molar-refractivity contribution >= 4 is 62.5 Å². The molecule has 0 fully saturated rings. The Balaban J connectivity index is 1.56. The molecular formula is C27H16BrCl2NO2. The number of benzene rings is 3. The van der Waals surface area contributed by atoms with E-state index in [9.17, 15) is 4.79 Å². The highest BCUT2D eigenvalue weighted by Gasteiger charge is 2.30. The van der Waals surface area contributed by atoms with Crippen molar-refractivity contribution in [1.29, 1.82) is 0 Å². The van der Waals surface area contributed by atoms with Gasteiger partial charge < -0.3 is 4.42 Å². The second-order valence-electron chi connectivity index (χ2n) is 7.44. The van der Waals surface area contributed by atoms with Crippen molar-refractivity contribution in [3.8, 4) is 11.3 Å². The number of hydrogen-bond donors (Lipinski definition) is 0. The number of amides is 1. The lowest BCUT2D eigenvalue weighted by Gasteiger charge is -2.21. The second kappa shape index (κ2) is 9.06. The minimum absolute atomic E-state index is 0.134. The highest BCUT2D eigenvalue weighted by Crippen LogP contribution is 2.37. The largest absolute Gasteiger partial charge is 0.457 e. The van der Waals surface area contributed by atoms with Gasteiger partial charge in [-0.05, 0) is 66.2 Å². The van der Waals surface area contributed by atoms with Crippen molar-refractivity contribution in [2.45, 2.75) is 0 Å². The number of rotatable bonds is 4. The summed E-state index contributed by atoms with van der Waals surface area (Å²) in [7, 11) is 0. The summed E-state index contributed by atoms with van der Waals surface area (Å²) in [4.78, 5) is 15.2. The van der Waals surface area contributed by atoms with Crippen LogP contribution in [0.1, 0.15) is 11.3 Å². The Kier molecular flexibility index (Phi) is 5.98. The number of halogens is 3. The molecule has 2 heterocycles. The van der Waals surface area contributed by atoms with Crippen LogP contribution >= 0.6 is 39.1 Å². The first-order chi connectivity index (χ1) is 16.0. The third-order valence-electron chi connectivity index (χ3n) is 5.24. The molecule has 0 unspecified atom stereocenters. The normalized spacial score (nSPS) is 14.8. The van der Waals surface area contributed by atoms with Crippen molar-refractivity contribution in [2.24, 2.45) is 0 Å². The molecule has 0 bridgehead atoms. The van der Waals surface area contributed by atoms with Gasteiger partial charge >= 0.3 is 0 Å². The maximum Gasteiger partial charge on any atom is 0.263 e. The molecule has 1 aliphatic heterocycles. The van der Waals surface area contributed by atoms with Crippen LogP contribution in [-0.2, 0) is 4.79 Å². The van der Waals surface area contributed by atoms with E-state index in [1.165, 1.54) is 0 Å². The van der Waals surface area contributed by atoms with E-state index in [1.54, 1.807) is 29.2 Å². The van der Waals surface area contributed by atoms with E-state index in [4.69, 9.17) is 27.6 Å². The number of carbonyl (C=O) groups excluding carboxylic acids is 1.